The van der Waals surface area contributed by atoms with Gasteiger partial charge in [0.1, 0.15) is 28.7 Å². The van der Waals surface area contributed by atoms with Crippen molar-refractivity contribution < 1.29 is 9.47 Å². The van der Waals surface area contributed by atoms with Gasteiger partial charge >= 0.3 is 0 Å². The largest absolute Gasteiger partial charge is 0.497 e. The summed E-state index contributed by atoms with van der Waals surface area (Å²) in [4.78, 5) is 4.90. The van der Waals surface area contributed by atoms with Crippen molar-refractivity contribution in [3.63, 3.8) is 0 Å². The van der Waals surface area contributed by atoms with Gasteiger partial charge in [-0.05, 0) is 55.3 Å². The number of nitrogens with zero attached hydrogens (tertiary/aromatic N) is 2. The number of methoxy groups -OCH3 is 2. The van der Waals surface area contributed by atoms with E-state index < -0.39 is 0 Å². The van der Waals surface area contributed by atoms with E-state index in [0.717, 1.165) is 45.5 Å². The number of anilines is 2. The predicted molar refractivity (Wildman–Crippen MR) is 113 cm³/mol. The van der Waals surface area contributed by atoms with Gasteiger partial charge in [0.25, 0.3) is 0 Å². The molecular formula is C23H23N3O2. The molecule has 2 aromatic carbocycles. The van der Waals surface area contributed by atoms with E-state index >= 15 is 0 Å². The second-order valence-electron chi connectivity index (χ2n) is 6.78. The van der Waals surface area contributed by atoms with Crippen LogP contribution in [0.5, 0.6) is 11.5 Å². The topological polar surface area (TPSA) is 47.8 Å². The van der Waals surface area contributed by atoms with Crippen LogP contribution < -0.4 is 14.8 Å². The van der Waals surface area contributed by atoms with Gasteiger partial charge in [-0.1, -0.05) is 18.2 Å². The predicted octanol–water partition coefficient (Wildman–Crippen LogP) is 5.38. The minimum Gasteiger partial charge on any atom is -0.497 e. The quantitative estimate of drug-likeness (QED) is 0.510. The SMILES string of the molecule is COc1cccc(Nc2c(-c3ccc(C)c(OC)c3)nc3cc(C)ccn23)c1. The van der Waals surface area contributed by atoms with E-state index in [1.807, 2.05) is 43.5 Å². The number of aromatic nitrogens is 2. The summed E-state index contributed by atoms with van der Waals surface area (Å²) in [6.45, 7) is 4.10. The van der Waals surface area contributed by atoms with Gasteiger partial charge in [-0.3, -0.25) is 4.40 Å². The molecule has 0 aliphatic carbocycles. The minimum absolute atomic E-state index is 0.799. The van der Waals surface area contributed by atoms with Gasteiger partial charge in [-0.25, -0.2) is 4.98 Å². The van der Waals surface area contributed by atoms with Gasteiger partial charge in [0, 0.05) is 23.5 Å². The van der Waals surface area contributed by atoms with Crippen LogP contribution in [0.15, 0.2) is 60.8 Å². The molecule has 2 aromatic heterocycles. The van der Waals surface area contributed by atoms with Gasteiger partial charge < -0.3 is 14.8 Å². The van der Waals surface area contributed by atoms with E-state index in [1.165, 1.54) is 5.56 Å². The number of rotatable bonds is 5. The number of hydrogen-bond acceptors (Lipinski definition) is 4. The Balaban J connectivity index is 1.89. The van der Waals surface area contributed by atoms with Crippen LogP contribution in [0.4, 0.5) is 11.5 Å². The first-order valence-corrected chi connectivity index (χ1v) is 9.14. The molecule has 0 fully saturated rings. The Kier molecular flexibility index (Phi) is 4.65. The summed E-state index contributed by atoms with van der Waals surface area (Å²) in [6, 6.07) is 18.2. The lowest BCUT2D eigenvalue weighted by Crippen LogP contribution is -1.98. The Morgan fingerprint density at radius 1 is 0.929 bits per heavy atom. The molecule has 0 aliphatic rings. The van der Waals surface area contributed by atoms with Crippen molar-refractivity contribution >= 4 is 17.2 Å². The molecule has 5 nitrogen and oxygen atoms in total. The van der Waals surface area contributed by atoms with Crippen molar-refractivity contribution in [1.82, 2.24) is 9.38 Å². The van der Waals surface area contributed by atoms with Crippen molar-refractivity contribution in [1.29, 1.82) is 0 Å². The van der Waals surface area contributed by atoms with Gasteiger partial charge in [-0.2, -0.15) is 0 Å². The zero-order valence-electron chi connectivity index (χ0n) is 16.5. The first-order valence-electron chi connectivity index (χ1n) is 9.14. The summed E-state index contributed by atoms with van der Waals surface area (Å²) in [5.41, 5.74) is 5.94. The highest BCUT2D eigenvalue weighted by Gasteiger charge is 2.16. The molecule has 0 aliphatic heterocycles. The normalized spacial score (nSPS) is 10.9. The number of aryl methyl sites for hydroxylation is 2. The number of benzene rings is 2. The van der Waals surface area contributed by atoms with Gasteiger partial charge in [0.05, 0.1) is 14.2 Å². The van der Waals surface area contributed by atoms with Crippen LogP contribution in [0.25, 0.3) is 16.9 Å². The second-order valence-corrected chi connectivity index (χ2v) is 6.78. The molecule has 0 radical (unpaired) electrons. The fraction of sp³-hybridized carbons (Fsp3) is 0.174. The van der Waals surface area contributed by atoms with Crippen LogP contribution in [-0.4, -0.2) is 23.6 Å². The Morgan fingerprint density at radius 2 is 1.79 bits per heavy atom. The summed E-state index contributed by atoms with van der Waals surface area (Å²) < 4.78 is 12.9. The molecule has 0 spiro atoms. The van der Waals surface area contributed by atoms with Crippen molar-refractivity contribution in [3.8, 4) is 22.8 Å². The summed E-state index contributed by atoms with van der Waals surface area (Å²) >= 11 is 0. The lowest BCUT2D eigenvalue weighted by atomic mass is 10.1. The molecular weight excluding hydrogens is 350 g/mol. The van der Waals surface area contributed by atoms with E-state index in [9.17, 15) is 0 Å². The zero-order chi connectivity index (χ0) is 19.7. The molecule has 0 saturated carbocycles. The maximum atomic E-state index is 5.52. The maximum absolute atomic E-state index is 5.52. The molecule has 0 bridgehead atoms. The number of ether oxygens (including phenoxy) is 2. The highest BCUT2D eigenvalue weighted by Crippen LogP contribution is 2.34. The third kappa shape index (κ3) is 3.27. The summed E-state index contributed by atoms with van der Waals surface area (Å²) in [5, 5.41) is 3.52. The van der Waals surface area contributed by atoms with E-state index in [4.69, 9.17) is 14.5 Å². The monoisotopic (exact) mass is 373 g/mol. The molecule has 0 amide bonds. The van der Waals surface area contributed by atoms with Crippen molar-refractivity contribution in [3.05, 3.63) is 71.9 Å². The summed E-state index contributed by atoms with van der Waals surface area (Å²) in [6.07, 6.45) is 2.04. The smallest absolute Gasteiger partial charge is 0.143 e. The van der Waals surface area contributed by atoms with Gasteiger partial charge in [-0.15, -0.1) is 0 Å². The average molecular weight is 373 g/mol. The van der Waals surface area contributed by atoms with E-state index in [2.05, 4.69) is 40.9 Å². The average Bonchev–Trinajstić information content (AvgIpc) is 3.05. The fourth-order valence-electron chi connectivity index (χ4n) is 3.27. The molecule has 0 saturated heterocycles. The number of nitrogens with one attached hydrogen (secondary N) is 1. The first-order chi connectivity index (χ1) is 13.6. The Bertz CT molecular complexity index is 1150. The molecule has 28 heavy (non-hydrogen) atoms. The highest BCUT2D eigenvalue weighted by atomic mass is 16.5. The Hall–Kier alpha value is -3.47. The van der Waals surface area contributed by atoms with Crippen LogP contribution in [0, 0.1) is 13.8 Å². The second kappa shape index (κ2) is 7.27. The summed E-state index contributed by atoms with van der Waals surface area (Å²) in [7, 11) is 3.36. The third-order valence-electron chi connectivity index (χ3n) is 4.80. The standard InChI is InChI=1S/C23H23N3O2/c1-15-10-11-26-21(12-15)25-22(17-9-8-16(2)20(13-17)28-4)23(26)24-18-6-5-7-19(14-18)27-3/h5-14,24H,1-4H3. The third-order valence-corrected chi connectivity index (χ3v) is 4.80. The molecule has 4 rings (SSSR count). The Labute approximate surface area is 164 Å². The van der Waals surface area contributed by atoms with Crippen LogP contribution in [0.1, 0.15) is 11.1 Å². The molecule has 0 atom stereocenters. The molecule has 1 N–H and O–H groups in total. The molecule has 2 heterocycles. The molecule has 4 aromatic rings. The van der Waals surface area contributed by atoms with Crippen molar-refractivity contribution in [2.24, 2.45) is 0 Å². The van der Waals surface area contributed by atoms with Crippen molar-refractivity contribution in [2.45, 2.75) is 13.8 Å². The number of pyridine rings is 1. The fourth-order valence-corrected chi connectivity index (χ4v) is 3.27. The Morgan fingerprint density at radius 3 is 2.57 bits per heavy atom. The van der Waals surface area contributed by atoms with E-state index in [1.54, 1.807) is 14.2 Å². The number of hydrogen-bond donors (Lipinski definition) is 1. The van der Waals surface area contributed by atoms with E-state index in [-0.39, 0.29) is 0 Å². The highest BCUT2D eigenvalue weighted by molar-refractivity contribution is 5.80. The van der Waals surface area contributed by atoms with Gasteiger partial charge in [0.2, 0.25) is 0 Å². The number of fused-ring (bicyclic) bond motifs is 1. The molecule has 0 unspecified atom stereocenters. The minimum atomic E-state index is 0.799. The van der Waals surface area contributed by atoms with Crippen LogP contribution in [0.2, 0.25) is 0 Å². The molecule has 142 valence electrons. The van der Waals surface area contributed by atoms with Gasteiger partial charge in [0.15, 0.2) is 0 Å². The first kappa shape index (κ1) is 17.9. The summed E-state index contributed by atoms with van der Waals surface area (Å²) in [5.74, 6) is 2.54. The lowest BCUT2D eigenvalue weighted by Gasteiger charge is -2.11. The zero-order valence-corrected chi connectivity index (χ0v) is 16.5. The van der Waals surface area contributed by atoms with Crippen LogP contribution in [0.3, 0.4) is 0 Å². The van der Waals surface area contributed by atoms with Crippen LogP contribution >= 0.6 is 0 Å². The lowest BCUT2D eigenvalue weighted by molar-refractivity contribution is 0.412. The van der Waals surface area contributed by atoms with E-state index in [0.29, 0.717) is 0 Å². The van der Waals surface area contributed by atoms with Crippen molar-refractivity contribution in [2.75, 3.05) is 19.5 Å². The maximum Gasteiger partial charge on any atom is 0.143 e. The number of imidazole rings is 1. The van der Waals surface area contributed by atoms with Crippen LogP contribution in [-0.2, 0) is 0 Å². The molecule has 5 heteroatoms.